The number of hydrogen-bond donors (Lipinski definition) is 2. The minimum atomic E-state index is -1.00. The largest absolute Gasteiger partial charge is 0.391 e. The van der Waals surface area contributed by atoms with Crippen LogP contribution >= 0.6 is 23.2 Å². The summed E-state index contributed by atoms with van der Waals surface area (Å²) in [7, 11) is -1.00. The van der Waals surface area contributed by atoms with Gasteiger partial charge in [0.15, 0.2) is 0 Å². The third-order valence-electron chi connectivity index (χ3n) is 12.2. The van der Waals surface area contributed by atoms with E-state index in [-0.39, 0.29) is 23.2 Å². The lowest BCUT2D eigenvalue weighted by Gasteiger charge is -2.29. The lowest BCUT2D eigenvalue weighted by atomic mass is 9.92. The predicted molar refractivity (Wildman–Crippen MR) is 245 cm³/mol. The highest BCUT2D eigenvalue weighted by Crippen LogP contribution is 2.33. The molecule has 0 saturated heterocycles. The molecule has 0 radical (unpaired) electrons. The van der Waals surface area contributed by atoms with E-state index in [0.29, 0.717) is 45.0 Å². The Labute approximate surface area is 369 Å². The number of halogens is 3. The molecule has 2 aliphatic rings. The van der Waals surface area contributed by atoms with E-state index in [1.54, 1.807) is 46.3 Å². The van der Waals surface area contributed by atoms with Crippen LogP contribution in [-0.4, -0.2) is 58.6 Å². The van der Waals surface area contributed by atoms with E-state index >= 15 is 0 Å². The van der Waals surface area contributed by atoms with Crippen molar-refractivity contribution in [2.24, 2.45) is 0 Å². The summed E-state index contributed by atoms with van der Waals surface area (Å²) in [5.41, 5.74) is 5.36. The van der Waals surface area contributed by atoms with Gasteiger partial charge in [0.05, 0.1) is 67.3 Å². The van der Waals surface area contributed by atoms with Crippen LogP contribution in [0.2, 0.25) is 10.3 Å². The van der Waals surface area contributed by atoms with Crippen molar-refractivity contribution in [3.05, 3.63) is 163 Å². The lowest BCUT2D eigenvalue weighted by Crippen LogP contribution is -2.34. The van der Waals surface area contributed by atoms with Gasteiger partial charge in [-0.15, -0.1) is 0 Å². The van der Waals surface area contributed by atoms with E-state index in [0.717, 1.165) is 95.2 Å². The van der Waals surface area contributed by atoms with Crippen molar-refractivity contribution < 1.29 is 16.0 Å². The van der Waals surface area contributed by atoms with E-state index in [9.17, 15) is 24.2 Å². The molecule has 10 rings (SSSR count). The van der Waals surface area contributed by atoms with Crippen LogP contribution in [0.4, 0.5) is 4.39 Å². The Morgan fingerprint density at radius 2 is 0.984 bits per heavy atom. The Bertz CT molecular complexity index is 2800. The van der Waals surface area contributed by atoms with Crippen LogP contribution in [0.1, 0.15) is 87.1 Å². The highest BCUT2D eigenvalue weighted by Gasteiger charge is 2.28. The minimum Gasteiger partial charge on any atom is -0.391 e. The fraction of sp³-hybridized carbons (Fsp3) is 0.306. The van der Waals surface area contributed by atoms with Crippen LogP contribution < -0.4 is 11.1 Å². The summed E-state index contributed by atoms with van der Waals surface area (Å²) in [4.78, 5) is 44.6. The molecule has 2 N–H and O–H groups in total. The number of rotatable bonds is 6. The number of benzene rings is 4. The quantitative estimate of drug-likeness (QED) is 0.125. The van der Waals surface area contributed by atoms with E-state index < -0.39 is 19.4 Å². The van der Waals surface area contributed by atoms with E-state index in [4.69, 9.17) is 24.6 Å². The second-order valence-electron chi connectivity index (χ2n) is 16.0. The van der Waals surface area contributed by atoms with Crippen molar-refractivity contribution in [3.8, 4) is 0 Å². The van der Waals surface area contributed by atoms with E-state index in [1.807, 2.05) is 60.7 Å². The third kappa shape index (κ3) is 8.85. The Balaban J connectivity index is 0.000000163. The summed E-state index contributed by atoms with van der Waals surface area (Å²) < 4.78 is 18.8. The fourth-order valence-corrected chi connectivity index (χ4v) is 9.38. The Morgan fingerprint density at radius 3 is 1.35 bits per heavy atom. The SMILES string of the molecule is O=c1c2cc(Cc3ccc(Cl)nc3)c3ccccc3c2ncn1[C@H]1CCCC[C@@H]1O.O=c1c2cc(Cc3ccc(Cl)nc3)c3ccccc3c2ncn1[C@H]1CCCC[C@@H]1O.[2H]CF. The predicted octanol–water partition coefficient (Wildman–Crippen LogP) is 9.92. The van der Waals surface area contributed by atoms with Gasteiger partial charge in [0.25, 0.3) is 11.1 Å². The summed E-state index contributed by atoms with van der Waals surface area (Å²) in [5, 5.41) is 27.1. The zero-order chi connectivity index (χ0) is 44.0. The summed E-state index contributed by atoms with van der Waals surface area (Å²) >= 11 is 11.9. The molecule has 0 amide bonds. The van der Waals surface area contributed by atoms with E-state index in [1.165, 1.54) is 0 Å². The van der Waals surface area contributed by atoms with Crippen molar-refractivity contribution in [2.75, 3.05) is 7.15 Å². The maximum atomic E-state index is 13.4. The number of nitrogens with zero attached hydrogens (tertiary/aromatic N) is 6. The molecule has 8 aromatic rings. The monoisotopic (exact) mass is 873 g/mol. The molecule has 318 valence electrons. The van der Waals surface area contributed by atoms with Crippen molar-refractivity contribution in [1.29, 1.82) is 0 Å². The number of aliphatic hydroxyl groups excluding tert-OH is 2. The Morgan fingerprint density at radius 1 is 0.597 bits per heavy atom. The highest BCUT2D eigenvalue weighted by molar-refractivity contribution is 6.29. The van der Waals surface area contributed by atoms with Crippen molar-refractivity contribution >= 4 is 66.6 Å². The maximum Gasteiger partial charge on any atom is 0.261 e. The Hall–Kier alpha value is -5.59. The first kappa shape index (κ1) is 41.7. The molecule has 62 heavy (non-hydrogen) atoms. The third-order valence-corrected chi connectivity index (χ3v) is 12.7. The normalized spacial score (nSPS) is 19.1. The van der Waals surface area contributed by atoms with Crippen LogP contribution in [0.25, 0.3) is 43.4 Å². The number of alkyl halides is 1. The number of aliphatic hydroxyl groups is 2. The van der Waals surface area contributed by atoms with Crippen LogP contribution in [0.5, 0.6) is 0 Å². The van der Waals surface area contributed by atoms with Crippen LogP contribution in [0.15, 0.2) is 120 Å². The maximum absolute atomic E-state index is 13.4. The zero-order valence-electron chi connectivity index (χ0n) is 35.0. The average Bonchev–Trinajstić information content (AvgIpc) is 3.30. The van der Waals surface area contributed by atoms with Crippen molar-refractivity contribution in [3.63, 3.8) is 0 Å². The molecule has 13 heteroatoms. The molecule has 2 fully saturated rings. The van der Waals surface area contributed by atoms with Crippen LogP contribution in [0.3, 0.4) is 0 Å². The molecular weight excluding hydrogens is 826 g/mol. The first-order valence-electron chi connectivity index (χ1n) is 21.6. The summed E-state index contributed by atoms with van der Waals surface area (Å²) in [5.74, 6) is 0. The van der Waals surface area contributed by atoms with Gasteiger partial charge in [-0.05, 0) is 95.8 Å². The van der Waals surface area contributed by atoms with Gasteiger partial charge in [0.1, 0.15) is 10.3 Å². The zero-order valence-corrected chi connectivity index (χ0v) is 35.5. The topological polar surface area (TPSA) is 136 Å². The van der Waals surface area contributed by atoms with Gasteiger partial charge >= 0.3 is 0 Å². The molecule has 4 atom stereocenters. The molecule has 0 unspecified atom stereocenters. The van der Waals surface area contributed by atoms with Gasteiger partial charge in [0.2, 0.25) is 0 Å². The number of fused-ring (bicyclic) bond motifs is 6. The molecule has 0 bridgehead atoms. The van der Waals surface area contributed by atoms with Crippen molar-refractivity contribution in [1.82, 2.24) is 29.1 Å². The fourth-order valence-electron chi connectivity index (χ4n) is 9.16. The molecule has 4 heterocycles. The second kappa shape index (κ2) is 19.2. The molecule has 4 aromatic heterocycles. The van der Waals surface area contributed by atoms with Gasteiger partial charge in [-0.3, -0.25) is 23.1 Å². The molecule has 2 saturated carbocycles. The standard InChI is InChI=1S/2C24H22ClN3O2.CH3F/c2*25-22-10-9-15(13-26-22)11-16-12-19-23(18-6-2-1-5-17(16)18)27-14-28(24(19)30)20-7-3-4-8-21(20)29;1-2/h2*1-2,5-6,9-10,12-14,20-21,29H,3-4,7-8,11H2;1H3/t2*20-,21-;/m00./s1/i;;1D. The smallest absolute Gasteiger partial charge is 0.261 e. The van der Waals surface area contributed by atoms with Gasteiger partial charge in [-0.25, -0.2) is 19.9 Å². The Kier molecular flexibility index (Phi) is 12.9. The summed E-state index contributed by atoms with van der Waals surface area (Å²) in [6, 6.07) is 27.0. The first-order chi connectivity index (χ1) is 30.6. The van der Waals surface area contributed by atoms with Gasteiger partial charge in [-0.2, -0.15) is 0 Å². The van der Waals surface area contributed by atoms with Gasteiger partial charge < -0.3 is 10.2 Å². The second-order valence-corrected chi connectivity index (χ2v) is 16.8. The highest BCUT2D eigenvalue weighted by atomic mass is 35.5. The molecule has 2 aliphatic carbocycles. The number of pyridine rings is 2. The molecule has 4 aromatic carbocycles. The molecule has 0 aliphatic heterocycles. The van der Waals surface area contributed by atoms with Crippen LogP contribution in [-0.2, 0) is 12.8 Å². The van der Waals surface area contributed by atoms with Gasteiger partial charge in [0, 0.05) is 23.2 Å². The number of aromatic nitrogens is 6. The van der Waals surface area contributed by atoms with Crippen molar-refractivity contribution in [2.45, 2.75) is 88.5 Å². The minimum absolute atomic E-state index is 0.0906. The number of hydrogen-bond acceptors (Lipinski definition) is 8. The first-order valence-corrected chi connectivity index (χ1v) is 21.7. The lowest BCUT2D eigenvalue weighted by molar-refractivity contribution is 0.0733. The van der Waals surface area contributed by atoms with Crippen LogP contribution in [0, 0.1) is 0 Å². The molecule has 10 nitrogen and oxygen atoms in total. The summed E-state index contributed by atoms with van der Waals surface area (Å²) in [6.45, 7) is 0. The van der Waals surface area contributed by atoms with Gasteiger partial charge in [-0.1, -0.05) is 110 Å². The van der Waals surface area contributed by atoms with E-state index in [2.05, 4.69) is 32.1 Å². The average molecular weight is 875 g/mol. The summed E-state index contributed by atoms with van der Waals surface area (Å²) in [6.07, 6.45) is 14.1. The molecule has 0 spiro atoms. The molecular formula is C49H47Cl2FN6O4.